The largest absolute Gasteiger partial charge is 0.307 e. The van der Waals surface area contributed by atoms with Crippen molar-refractivity contribution in [2.75, 3.05) is 0 Å². The number of benzene rings is 1. The number of rotatable bonds is 2. The lowest BCUT2D eigenvalue weighted by Crippen LogP contribution is -2.30. The highest BCUT2D eigenvalue weighted by Gasteiger charge is 1.99. The van der Waals surface area contributed by atoms with Gasteiger partial charge in [-0.05, 0) is 30.7 Å². The predicted molar refractivity (Wildman–Crippen MR) is 54.3 cm³/mol. The fourth-order valence-corrected chi connectivity index (χ4v) is 0.980. The van der Waals surface area contributed by atoms with E-state index in [1.54, 1.807) is 6.92 Å². The van der Waals surface area contributed by atoms with Gasteiger partial charge in [-0.1, -0.05) is 0 Å². The van der Waals surface area contributed by atoms with Gasteiger partial charge >= 0.3 is 0 Å². The van der Waals surface area contributed by atoms with Gasteiger partial charge in [0, 0.05) is 0 Å². The summed E-state index contributed by atoms with van der Waals surface area (Å²) in [6.45, 7) is 1.74. The van der Waals surface area contributed by atoms with Gasteiger partial charge in [0.1, 0.15) is 5.82 Å². The SMILES string of the molecule is Cc1cc(F)ccc1N=C(C=N)NN. The number of aryl methyl sites for hydroxylation is 1. The lowest BCUT2D eigenvalue weighted by molar-refractivity contribution is 0.627. The highest BCUT2D eigenvalue weighted by molar-refractivity contribution is 6.28. The van der Waals surface area contributed by atoms with Crippen LogP contribution in [0.25, 0.3) is 0 Å². The first-order chi connectivity index (χ1) is 6.67. The Morgan fingerprint density at radius 3 is 2.86 bits per heavy atom. The maximum atomic E-state index is 12.7. The standard InChI is InChI=1S/C9H11FN4/c1-6-4-7(10)2-3-8(6)13-9(5-11)14-12/h2-5,11H,12H2,1H3,(H,13,14). The number of nitrogens with one attached hydrogen (secondary N) is 2. The predicted octanol–water partition coefficient (Wildman–Crippen LogP) is 1.28. The molecule has 1 rings (SSSR count). The third-order valence-corrected chi connectivity index (χ3v) is 1.68. The second-order valence-corrected chi connectivity index (χ2v) is 2.72. The van der Waals surface area contributed by atoms with Crippen molar-refractivity contribution in [3.05, 3.63) is 29.6 Å². The van der Waals surface area contributed by atoms with Crippen LogP contribution in [0.2, 0.25) is 0 Å². The summed E-state index contributed by atoms with van der Waals surface area (Å²) in [7, 11) is 0. The molecule has 0 aliphatic carbocycles. The van der Waals surface area contributed by atoms with Gasteiger partial charge in [-0.3, -0.25) is 0 Å². The average molecular weight is 194 g/mol. The number of hydrazine groups is 1. The molecule has 0 bridgehead atoms. The van der Waals surface area contributed by atoms with Crippen LogP contribution in [0.3, 0.4) is 0 Å². The number of hydrogen-bond acceptors (Lipinski definition) is 3. The number of amidine groups is 1. The van der Waals surface area contributed by atoms with E-state index >= 15 is 0 Å². The van der Waals surface area contributed by atoms with Crippen LogP contribution < -0.4 is 11.3 Å². The van der Waals surface area contributed by atoms with Crippen LogP contribution in [0.4, 0.5) is 10.1 Å². The Morgan fingerprint density at radius 1 is 1.64 bits per heavy atom. The number of aliphatic imine (C=N–C) groups is 1. The monoisotopic (exact) mass is 194 g/mol. The summed E-state index contributed by atoms with van der Waals surface area (Å²) in [5, 5.41) is 6.95. The highest BCUT2D eigenvalue weighted by Crippen LogP contribution is 2.18. The summed E-state index contributed by atoms with van der Waals surface area (Å²) in [4.78, 5) is 4.01. The Kier molecular flexibility index (Phi) is 3.30. The number of halogens is 1. The molecule has 4 nitrogen and oxygen atoms in total. The van der Waals surface area contributed by atoms with Crippen molar-refractivity contribution in [2.24, 2.45) is 10.8 Å². The summed E-state index contributed by atoms with van der Waals surface area (Å²) in [5.74, 6) is 5.02. The van der Waals surface area contributed by atoms with E-state index in [0.29, 0.717) is 11.3 Å². The van der Waals surface area contributed by atoms with Crippen molar-refractivity contribution in [3.8, 4) is 0 Å². The summed E-state index contributed by atoms with van der Waals surface area (Å²) in [5.41, 5.74) is 3.54. The smallest absolute Gasteiger partial charge is 0.158 e. The minimum atomic E-state index is -0.307. The van der Waals surface area contributed by atoms with Crippen molar-refractivity contribution in [1.29, 1.82) is 5.41 Å². The first-order valence-electron chi connectivity index (χ1n) is 3.99. The quantitative estimate of drug-likeness (QED) is 0.287. The Hall–Kier alpha value is -1.75. The van der Waals surface area contributed by atoms with Crippen molar-refractivity contribution >= 4 is 17.7 Å². The molecule has 1 aromatic carbocycles. The van der Waals surface area contributed by atoms with Crippen molar-refractivity contribution in [1.82, 2.24) is 5.43 Å². The molecule has 74 valence electrons. The van der Waals surface area contributed by atoms with Gasteiger partial charge < -0.3 is 10.8 Å². The van der Waals surface area contributed by atoms with Gasteiger partial charge in [0.15, 0.2) is 5.84 Å². The second kappa shape index (κ2) is 4.48. The third kappa shape index (κ3) is 2.37. The number of hydrogen-bond donors (Lipinski definition) is 3. The molecule has 0 saturated heterocycles. The first kappa shape index (κ1) is 10.3. The number of nitrogens with zero attached hydrogens (tertiary/aromatic N) is 1. The fourth-order valence-electron chi connectivity index (χ4n) is 0.980. The molecule has 0 radical (unpaired) electrons. The maximum Gasteiger partial charge on any atom is 0.158 e. The molecule has 0 aliphatic rings. The molecule has 0 unspecified atom stereocenters. The minimum Gasteiger partial charge on any atom is -0.307 e. The van der Waals surface area contributed by atoms with Crippen LogP contribution in [0.15, 0.2) is 23.2 Å². The van der Waals surface area contributed by atoms with Gasteiger partial charge in [-0.15, -0.1) is 0 Å². The van der Waals surface area contributed by atoms with E-state index in [0.717, 1.165) is 6.21 Å². The van der Waals surface area contributed by atoms with E-state index in [9.17, 15) is 4.39 Å². The van der Waals surface area contributed by atoms with E-state index in [1.807, 2.05) is 0 Å². The van der Waals surface area contributed by atoms with E-state index in [-0.39, 0.29) is 11.7 Å². The zero-order valence-corrected chi connectivity index (χ0v) is 7.71. The molecule has 14 heavy (non-hydrogen) atoms. The van der Waals surface area contributed by atoms with Gasteiger partial charge in [-0.2, -0.15) is 0 Å². The van der Waals surface area contributed by atoms with E-state index in [4.69, 9.17) is 11.3 Å². The summed E-state index contributed by atoms with van der Waals surface area (Å²) >= 11 is 0. The topological polar surface area (TPSA) is 74.3 Å². The zero-order chi connectivity index (χ0) is 10.6. The van der Waals surface area contributed by atoms with Crippen LogP contribution in [0.5, 0.6) is 0 Å². The Balaban J connectivity index is 3.08. The van der Waals surface area contributed by atoms with Crippen molar-refractivity contribution in [2.45, 2.75) is 6.92 Å². The van der Waals surface area contributed by atoms with Crippen LogP contribution >= 0.6 is 0 Å². The van der Waals surface area contributed by atoms with E-state index < -0.39 is 0 Å². The summed E-state index contributed by atoms with van der Waals surface area (Å²) < 4.78 is 12.7. The molecule has 0 aliphatic heterocycles. The van der Waals surface area contributed by atoms with Gasteiger partial charge in [0.25, 0.3) is 0 Å². The molecule has 0 aromatic heterocycles. The Labute approximate surface area is 81.1 Å². The molecule has 1 aromatic rings. The van der Waals surface area contributed by atoms with Gasteiger partial charge in [-0.25, -0.2) is 15.2 Å². The molecule has 4 N–H and O–H groups in total. The molecule has 0 atom stereocenters. The second-order valence-electron chi connectivity index (χ2n) is 2.72. The van der Waals surface area contributed by atoms with Crippen LogP contribution in [-0.2, 0) is 0 Å². The Morgan fingerprint density at radius 2 is 2.36 bits per heavy atom. The van der Waals surface area contributed by atoms with Gasteiger partial charge in [0.2, 0.25) is 0 Å². The normalized spacial score (nSPS) is 11.2. The van der Waals surface area contributed by atoms with Crippen molar-refractivity contribution in [3.63, 3.8) is 0 Å². The molecular formula is C9H11FN4. The lowest BCUT2D eigenvalue weighted by Gasteiger charge is -2.02. The molecule has 0 amide bonds. The first-order valence-corrected chi connectivity index (χ1v) is 3.99. The molecule has 0 heterocycles. The molecular weight excluding hydrogens is 183 g/mol. The fraction of sp³-hybridized carbons (Fsp3) is 0.111. The molecule has 0 spiro atoms. The van der Waals surface area contributed by atoms with Crippen LogP contribution in [0.1, 0.15) is 5.56 Å². The highest BCUT2D eigenvalue weighted by atomic mass is 19.1. The van der Waals surface area contributed by atoms with Gasteiger partial charge in [0.05, 0.1) is 11.9 Å². The van der Waals surface area contributed by atoms with Crippen LogP contribution in [-0.4, -0.2) is 12.1 Å². The summed E-state index contributed by atoms with van der Waals surface area (Å²) in [6.07, 6.45) is 0.989. The molecule has 0 fully saturated rings. The van der Waals surface area contributed by atoms with Crippen molar-refractivity contribution < 1.29 is 4.39 Å². The zero-order valence-electron chi connectivity index (χ0n) is 7.71. The average Bonchev–Trinajstić information content (AvgIpc) is 2.17. The maximum absolute atomic E-state index is 12.7. The Bertz CT molecular complexity index is 373. The summed E-state index contributed by atoms with van der Waals surface area (Å²) in [6, 6.07) is 4.21. The third-order valence-electron chi connectivity index (χ3n) is 1.68. The van der Waals surface area contributed by atoms with E-state index in [2.05, 4.69) is 10.4 Å². The van der Waals surface area contributed by atoms with Crippen LogP contribution in [0, 0.1) is 18.2 Å². The lowest BCUT2D eigenvalue weighted by atomic mass is 10.2. The minimum absolute atomic E-state index is 0.222. The molecule has 5 heteroatoms. The molecule has 0 saturated carbocycles. The number of nitrogens with two attached hydrogens (primary N) is 1. The van der Waals surface area contributed by atoms with E-state index in [1.165, 1.54) is 18.2 Å².